The molecule has 0 radical (unpaired) electrons. The van der Waals surface area contributed by atoms with Crippen molar-refractivity contribution in [3.63, 3.8) is 0 Å². The van der Waals surface area contributed by atoms with Gasteiger partial charge >= 0.3 is 0 Å². The molecule has 0 spiro atoms. The molecule has 0 saturated carbocycles. The first-order chi connectivity index (χ1) is 22.5. The molecule has 2 heteroatoms. The van der Waals surface area contributed by atoms with Gasteiger partial charge in [0, 0.05) is 33.1 Å². The SMILES string of the molecule is CC1(C)C2=C(c3cc(-c4ccc(-c5cc(-c6ccccc6)nc(-c6ccccc6)c5)cc4)ccc31)c1oc3ccccc3c1CC2. The van der Waals surface area contributed by atoms with E-state index in [1.54, 1.807) is 0 Å². The Balaban J connectivity index is 1.12. The lowest BCUT2D eigenvalue weighted by Crippen LogP contribution is -2.19. The minimum Gasteiger partial charge on any atom is -0.456 e. The van der Waals surface area contributed by atoms with Crippen molar-refractivity contribution in [2.75, 3.05) is 0 Å². The lowest BCUT2D eigenvalue weighted by molar-refractivity contribution is 0.571. The maximum atomic E-state index is 6.59. The summed E-state index contributed by atoms with van der Waals surface area (Å²) in [7, 11) is 0. The number of hydrogen-bond donors (Lipinski definition) is 0. The standard InChI is InChI=1S/C44H33NO/c1-44(2)37-23-21-32(25-36(37)42-38(44)24-22-35-34-15-9-10-16-41(34)46-43(35)42)28-17-19-29(20-18-28)33-26-39(30-11-5-3-6-12-30)45-40(27-33)31-13-7-4-8-14-31/h3-21,23,25-27H,22,24H2,1-2H3. The van der Waals surface area contributed by atoms with E-state index in [1.807, 2.05) is 12.1 Å². The van der Waals surface area contributed by atoms with Crippen molar-refractivity contribution in [2.45, 2.75) is 32.1 Å². The van der Waals surface area contributed by atoms with Crippen LogP contribution in [0.15, 0.2) is 150 Å². The van der Waals surface area contributed by atoms with Gasteiger partial charge in [-0.25, -0.2) is 4.98 Å². The van der Waals surface area contributed by atoms with Crippen LogP contribution in [-0.2, 0) is 11.8 Å². The summed E-state index contributed by atoms with van der Waals surface area (Å²) in [4.78, 5) is 5.06. The number of nitrogens with zero attached hydrogens (tertiary/aromatic N) is 1. The first-order valence-corrected chi connectivity index (χ1v) is 16.2. The van der Waals surface area contributed by atoms with E-state index >= 15 is 0 Å². The zero-order valence-corrected chi connectivity index (χ0v) is 26.0. The number of aryl methyl sites for hydroxylation is 1. The molecule has 5 aromatic carbocycles. The minimum absolute atomic E-state index is 0.0159. The molecule has 0 aliphatic heterocycles. The van der Waals surface area contributed by atoms with Crippen molar-refractivity contribution in [1.82, 2.24) is 4.98 Å². The molecule has 46 heavy (non-hydrogen) atoms. The highest BCUT2D eigenvalue weighted by molar-refractivity contribution is 5.97. The molecular formula is C44H33NO. The number of rotatable bonds is 4. The van der Waals surface area contributed by atoms with Gasteiger partial charge in [0.05, 0.1) is 11.4 Å². The van der Waals surface area contributed by atoms with E-state index < -0.39 is 0 Å². The molecule has 0 fully saturated rings. The number of pyridine rings is 1. The van der Waals surface area contributed by atoms with Gasteiger partial charge in [-0.05, 0) is 76.1 Å². The largest absolute Gasteiger partial charge is 0.456 e. The zero-order chi connectivity index (χ0) is 30.8. The smallest absolute Gasteiger partial charge is 0.139 e. The fraction of sp³-hybridized carbons (Fsp3) is 0.114. The lowest BCUT2D eigenvalue weighted by atomic mass is 9.77. The van der Waals surface area contributed by atoms with Crippen LogP contribution in [0.4, 0.5) is 0 Å². The summed E-state index contributed by atoms with van der Waals surface area (Å²) in [5.41, 5.74) is 16.8. The number of para-hydroxylation sites is 1. The van der Waals surface area contributed by atoms with E-state index in [0.29, 0.717) is 0 Å². The first kappa shape index (κ1) is 26.9. The van der Waals surface area contributed by atoms with E-state index in [4.69, 9.17) is 9.40 Å². The van der Waals surface area contributed by atoms with Gasteiger partial charge in [0.15, 0.2) is 0 Å². The normalized spacial score (nSPS) is 14.7. The van der Waals surface area contributed by atoms with Crippen LogP contribution in [0.25, 0.3) is 61.3 Å². The van der Waals surface area contributed by atoms with E-state index in [9.17, 15) is 0 Å². The third-order valence-corrected chi connectivity index (χ3v) is 10.1. The summed E-state index contributed by atoms with van der Waals surface area (Å²) >= 11 is 0. The molecule has 0 bridgehead atoms. The Morgan fingerprint density at radius 3 is 1.80 bits per heavy atom. The Morgan fingerprint density at radius 1 is 0.543 bits per heavy atom. The maximum Gasteiger partial charge on any atom is 0.139 e. The molecule has 2 aliphatic carbocycles. The third kappa shape index (κ3) is 4.21. The molecule has 0 saturated heterocycles. The second kappa shape index (κ2) is 10.3. The van der Waals surface area contributed by atoms with Gasteiger partial charge in [0.2, 0.25) is 0 Å². The van der Waals surface area contributed by atoms with Crippen LogP contribution in [0.2, 0.25) is 0 Å². The summed E-state index contributed by atoms with van der Waals surface area (Å²) in [6.45, 7) is 4.75. The van der Waals surface area contributed by atoms with Gasteiger partial charge in [0.25, 0.3) is 0 Å². The van der Waals surface area contributed by atoms with Gasteiger partial charge in [-0.15, -0.1) is 0 Å². The van der Waals surface area contributed by atoms with Crippen molar-refractivity contribution in [3.05, 3.63) is 168 Å². The first-order valence-electron chi connectivity index (χ1n) is 16.2. The van der Waals surface area contributed by atoms with E-state index in [0.717, 1.165) is 52.3 Å². The van der Waals surface area contributed by atoms with E-state index in [2.05, 4.69) is 141 Å². The summed E-state index contributed by atoms with van der Waals surface area (Å²) < 4.78 is 6.59. The highest BCUT2D eigenvalue weighted by Crippen LogP contribution is 2.55. The summed E-state index contributed by atoms with van der Waals surface area (Å²) in [6, 6.07) is 49.8. The van der Waals surface area contributed by atoms with Crippen molar-refractivity contribution >= 4 is 16.5 Å². The molecule has 2 aromatic heterocycles. The Kier molecular flexibility index (Phi) is 6.01. The van der Waals surface area contributed by atoms with Crippen LogP contribution in [0.1, 0.15) is 42.7 Å². The predicted octanol–water partition coefficient (Wildman–Crippen LogP) is 11.5. The van der Waals surface area contributed by atoms with Crippen molar-refractivity contribution in [3.8, 4) is 44.8 Å². The molecule has 9 rings (SSSR count). The van der Waals surface area contributed by atoms with Gasteiger partial charge < -0.3 is 4.42 Å². The van der Waals surface area contributed by atoms with E-state index in [1.165, 1.54) is 49.9 Å². The number of aromatic nitrogens is 1. The van der Waals surface area contributed by atoms with E-state index in [-0.39, 0.29) is 5.41 Å². The van der Waals surface area contributed by atoms with Gasteiger partial charge in [0.1, 0.15) is 11.3 Å². The zero-order valence-electron chi connectivity index (χ0n) is 26.0. The average Bonchev–Trinajstić information content (AvgIpc) is 3.61. The highest BCUT2D eigenvalue weighted by atomic mass is 16.3. The average molecular weight is 592 g/mol. The van der Waals surface area contributed by atoms with Gasteiger partial charge in [-0.2, -0.15) is 0 Å². The minimum atomic E-state index is -0.0159. The third-order valence-electron chi connectivity index (χ3n) is 10.1. The van der Waals surface area contributed by atoms with Crippen molar-refractivity contribution in [1.29, 1.82) is 0 Å². The topological polar surface area (TPSA) is 26.0 Å². The molecule has 220 valence electrons. The fourth-order valence-corrected chi connectivity index (χ4v) is 7.68. The van der Waals surface area contributed by atoms with Gasteiger partial charge in [-0.1, -0.05) is 129 Å². The van der Waals surface area contributed by atoms with Crippen LogP contribution < -0.4 is 0 Å². The number of allylic oxidation sites excluding steroid dienone is 1. The van der Waals surface area contributed by atoms with Crippen LogP contribution in [-0.4, -0.2) is 4.98 Å². The van der Waals surface area contributed by atoms with Crippen molar-refractivity contribution in [2.24, 2.45) is 0 Å². The molecule has 0 amide bonds. The van der Waals surface area contributed by atoms with Gasteiger partial charge in [-0.3, -0.25) is 0 Å². The Morgan fingerprint density at radius 2 is 1.13 bits per heavy atom. The van der Waals surface area contributed by atoms with Crippen LogP contribution in [0, 0.1) is 0 Å². The molecule has 0 atom stereocenters. The van der Waals surface area contributed by atoms with Crippen LogP contribution in [0.3, 0.4) is 0 Å². The summed E-state index contributed by atoms with van der Waals surface area (Å²) in [5, 5.41) is 1.25. The highest BCUT2D eigenvalue weighted by Gasteiger charge is 2.42. The fourth-order valence-electron chi connectivity index (χ4n) is 7.68. The monoisotopic (exact) mass is 591 g/mol. The van der Waals surface area contributed by atoms with Crippen LogP contribution >= 0.6 is 0 Å². The molecule has 2 heterocycles. The number of hydrogen-bond acceptors (Lipinski definition) is 2. The second-order valence-electron chi connectivity index (χ2n) is 13.1. The molecule has 2 aliphatic rings. The molecule has 0 unspecified atom stereocenters. The molecule has 2 nitrogen and oxygen atoms in total. The Hall–Kier alpha value is -5.47. The molecular weight excluding hydrogens is 558 g/mol. The number of benzene rings is 5. The van der Waals surface area contributed by atoms with Crippen molar-refractivity contribution < 1.29 is 4.42 Å². The predicted molar refractivity (Wildman–Crippen MR) is 190 cm³/mol. The maximum absolute atomic E-state index is 6.59. The quantitative estimate of drug-likeness (QED) is 0.203. The second-order valence-corrected chi connectivity index (χ2v) is 13.1. The Labute approximate surface area is 269 Å². The van der Waals surface area contributed by atoms with Crippen LogP contribution in [0.5, 0.6) is 0 Å². The molecule has 0 N–H and O–H groups in total. The molecule has 7 aromatic rings. The summed E-state index contributed by atoms with van der Waals surface area (Å²) in [6.07, 6.45) is 2.10. The number of fused-ring (bicyclic) bond motifs is 6. The summed E-state index contributed by atoms with van der Waals surface area (Å²) in [5.74, 6) is 1.07. The number of furan rings is 1. The Bertz CT molecular complexity index is 2250. The lowest BCUT2D eigenvalue weighted by Gasteiger charge is -2.26.